The van der Waals surface area contributed by atoms with Crippen molar-refractivity contribution in [2.45, 2.75) is 91.3 Å². The number of rotatable bonds is 13. The lowest BCUT2D eigenvalue weighted by Gasteiger charge is -2.23. The first kappa shape index (κ1) is 27.7. The van der Waals surface area contributed by atoms with Crippen molar-refractivity contribution in [1.29, 1.82) is 0 Å². The van der Waals surface area contributed by atoms with E-state index in [4.69, 9.17) is 9.47 Å². The Morgan fingerprint density at radius 3 is 2.32 bits per heavy atom. The van der Waals surface area contributed by atoms with Crippen LogP contribution in [0.3, 0.4) is 0 Å². The van der Waals surface area contributed by atoms with E-state index in [1.807, 2.05) is 6.07 Å². The van der Waals surface area contributed by atoms with Gasteiger partial charge in [0, 0.05) is 18.4 Å². The molecule has 0 saturated carbocycles. The van der Waals surface area contributed by atoms with Gasteiger partial charge in [0.2, 0.25) is 0 Å². The number of methoxy groups -OCH3 is 1. The summed E-state index contributed by atoms with van der Waals surface area (Å²) in [5.41, 5.74) is 4.80. The molecule has 1 atom stereocenters. The van der Waals surface area contributed by atoms with Crippen molar-refractivity contribution >= 4 is 5.97 Å². The molecule has 1 aromatic carbocycles. The van der Waals surface area contributed by atoms with Crippen molar-refractivity contribution < 1.29 is 24.1 Å². The normalized spacial score (nSPS) is 17.5. The van der Waals surface area contributed by atoms with E-state index in [1.165, 1.54) is 23.8 Å². The summed E-state index contributed by atoms with van der Waals surface area (Å²) in [6.45, 7) is 7.14. The van der Waals surface area contributed by atoms with E-state index in [2.05, 4.69) is 43.7 Å². The van der Waals surface area contributed by atoms with E-state index >= 15 is 0 Å². The molecule has 0 spiro atoms. The lowest BCUT2D eigenvalue weighted by molar-refractivity contribution is -0.140. The number of carbonyl (C=O) groups excluding carboxylic acids is 1. The van der Waals surface area contributed by atoms with Gasteiger partial charge < -0.3 is 19.3 Å². The number of hydrogen-bond donors (Lipinski definition) is 1. The first-order chi connectivity index (χ1) is 16.4. The van der Waals surface area contributed by atoms with Crippen LogP contribution in [-0.2, 0) is 20.7 Å². The van der Waals surface area contributed by atoms with Gasteiger partial charge in [-0.25, -0.2) is 0 Å². The molecule has 1 N–H and O–H groups in total. The molecule has 5 nitrogen and oxygen atoms in total. The standard InChI is InChI=1S/C29H42O5/c1-22(10-8-12-24(3)15-19-28(31)32-4)9-7-11-23(2)14-16-25-21-26(17-18-27(25)30)34-29-13-5-6-20-33-29/h9,12,14,17-18,21,29-30H,5-8,10-11,13,15-16,19-20H2,1-4H3/b22-9+,23-14+,24-12+. The molecule has 1 saturated heterocycles. The highest BCUT2D eigenvalue weighted by Crippen LogP contribution is 2.27. The fraction of sp³-hybridized carbons (Fsp3) is 0.552. The highest BCUT2D eigenvalue weighted by molar-refractivity contribution is 5.69. The van der Waals surface area contributed by atoms with E-state index in [1.54, 1.807) is 12.1 Å². The van der Waals surface area contributed by atoms with Crippen LogP contribution in [-0.4, -0.2) is 31.1 Å². The van der Waals surface area contributed by atoms with E-state index in [9.17, 15) is 9.90 Å². The van der Waals surface area contributed by atoms with Gasteiger partial charge in [-0.1, -0.05) is 34.9 Å². The lowest BCUT2D eigenvalue weighted by atomic mass is 10.0. The summed E-state index contributed by atoms with van der Waals surface area (Å²) in [4.78, 5) is 11.2. The van der Waals surface area contributed by atoms with Crippen molar-refractivity contribution in [1.82, 2.24) is 0 Å². The van der Waals surface area contributed by atoms with Gasteiger partial charge in [0.1, 0.15) is 11.5 Å². The van der Waals surface area contributed by atoms with E-state index < -0.39 is 0 Å². The average molecular weight is 471 g/mol. The number of aromatic hydroxyl groups is 1. The zero-order valence-corrected chi connectivity index (χ0v) is 21.4. The van der Waals surface area contributed by atoms with Gasteiger partial charge in [0.15, 0.2) is 6.29 Å². The number of benzene rings is 1. The van der Waals surface area contributed by atoms with Gasteiger partial charge in [-0.2, -0.15) is 0 Å². The number of carbonyl (C=O) groups is 1. The Labute approximate surface area is 205 Å². The maximum Gasteiger partial charge on any atom is 0.305 e. The number of esters is 1. The van der Waals surface area contributed by atoms with Gasteiger partial charge in [-0.15, -0.1) is 0 Å². The van der Waals surface area contributed by atoms with Crippen LogP contribution < -0.4 is 4.74 Å². The third-order valence-electron chi connectivity index (χ3n) is 6.14. The molecule has 0 amide bonds. The molecule has 0 aliphatic carbocycles. The Balaban J connectivity index is 1.74. The number of allylic oxidation sites excluding steroid dienone is 6. The second-order valence-corrected chi connectivity index (χ2v) is 9.21. The van der Waals surface area contributed by atoms with Crippen LogP contribution in [0, 0.1) is 0 Å². The van der Waals surface area contributed by atoms with Gasteiger partial charge in [0.25, 0.3) is 0 Å². The van der Waals surface area contributed by atoms with Crippen LogP contribution in [0.5, 0.6) is 11.5 Å². The average Bonchev–Trinajstić information content (AvgIpc) is 2.83. The molecule has 2 rings (SSSR count). The van der Waals surface area contributed by atoms with Gasteiger partial charge in [0.05, 0.1) is 13.7 Å². The summed E-state index contributed by atoms with van der Waals surface area (Å²) in [7, 11) is 1.43. The number of phenolic OH excluding ortho intramolecular Hbond substituents is 1. The van der Waals surface area contributed by atoms with E-state index in [0.717, 1.165) is 69.3 Å². The summed E-state index contributed by atoms with van der Waals surface area (Å²) < 4.78 is 16.3. The SMILES string of the molecule is COC(=O)CC/C(C)=C/CC/C(C)=C/CC/C(C)=C/Cc1cc(OC2CCCCO2)ccc1O. The van der Waals surface area contributed by atoms with Crippen molar-refractivity contribution in [3.05, 3.63) is 58.7 Å². The minimum absolute atomic E-state index is 0.155. The summed E-state index contributed by atoms with van der Waals surface area (Å²) in [6.07, 6.45) is 15.6. The fourth-order valence-electron chi connectivity index (χ4n) is 3.84. The zero-order chi connectivity index (χ0) is 24.8. The minimum Gasteiger partial charge on any atom is -0.508 e. The zero-order valence-electron chi connectivity index (χ0n) is 21.4. The molecule has 0 bridgehead atoms. The van der Waals surface area contributed by atoms with Crippen LogP contribution >= 0.6 is 0 Å². The van der Waals surface area contributed by atoms with Gasteiger partial charge in [-0.05, 0) is 90.3 Å². The highest BCUT2D eigenvalue weighted by atomic mass is 16.7. The molecule has 34 heavy (non-hydrogen) atoms. The monoisotopic (exact) mass is 470 g/mol. The molecule has 1 aliphatic rings. The Kier molecular flexibility index (Phi) is 12.5. The van der Waals surface area contributed by atoms with E-state index in [-0.39, 0.29) is 12.3 Å². The van der Waals surface area contributed by atoms with Gasteiger partial charge >= 0.3 is 5.97 Å². The smallest absolute Gasteiger partial charge is 0.305 e. The summed E-state index contributed by atoms with van der Waals surface area (Å²) in [5, 5.41) is 10.2. The fourth-order valence-corrected chi connectivity index (χ4v) is 3.84. The summed E-state index contributed by atoms with van der Waals surface area (Å²) in [5.74, 6) is 0.892. The van der Waals surface area contributed by atoms with Crippen molar-refractivity contribution in [3.8, 4) is 11.5 Å². The predicted molar refractivity (Wildman–Crippen MR) is 137 cm³/mol. The second kappa shape index (κ2) is 15.4. The largest absolute Gasteiger partial charge is 0.508 e. The quantitative estimate of drug-likeness (QED) is 0.244. The maximum atomic E-state index is 11.2. The molecule has 0 radical (unpaired) electrons. The van der Waals surface area contributed by atoms with E-state index in [0.29, 0.717) is 18.6 Å². The Hall–Kier alpha value is -2.53. The Morgan fingerprint density at radius 2 is 1.68 bits per heavy atom. The van der Waals surface area contributed by atoms with Crippen LogP contribution in [0.2, 0.25) is 0 Å². The minimum atomic E-state index is -0.183. The third-order valence-corrected chi connectivity index (χ3v) is 6.14. The van der Waals surface area contributed by atoms with Crippen molar-refractivity contribution in [2.75, 3.05) is 13.7 Å². The van der Waals surface area contributed by atoms with Crippen molar-refractivity contribution in [2.24, 2.45) is 0 Å². The predicted octanol–water partition coefficient (Wildman–Crippen LogP) is 7.19. The molecule has 0 aromatic heterocycles. The summed E-state index contributed by atoms with van der Waals surface area (Å²) >= 11 is 0. The topological polar surface area (TPSA) is 65.0 Å². The molecule has 1 fully saturated rings. The molecule has 1 heterocycles. The molecule has 1 aliphatic heterocycles. The summed E-state index contributed by atoms with van der Waals surface area (Å²) in [6, 6.07) is 5.42. The highest BCUT2D eigenvalue weighted by Gasteiger charge is 2.15. The number of hydrogen-bond acceptors (Lipinski definition) is 5. The van der Waals surface area contributed by atoms with Crippen LogP contribution in [0.25, 0.3) is 0 Å². The first-order valence-electron chi connectivity index (χ1n) is 12.5. The third kappa shape index (κ3) is 11.1. The lowest BCUT2D eigenvalue weighted by Crippen LogP contribution is -2.24. The first-order valence-corrected chi connectivity index (χ1v) is 12.5. The molecule has 188 valence electrons. The Bertz CT molecular complexity index is 859. The second-order valence-electron chi connectivity index (χ2n) is 9.21. The molecule has 5 heteroatoms. The molecule has 1 aromatic rings. The van der Waals surface area contributed by atoms with Crippen LogP contribution in [0.1, 0.15) is 84.1 Å². The van der Waals surface area contributed by atoms with Crippen LogP contribution in [0.4, 0.5) is 0 Å². The number of phenols is 1. The van der Waals surface area contributed by atoms with Gasteiger partial charge in [-0.3, -0.25) is 4.79 Å². The van der Waals surface area contributed by atoms with Crippen LogP contribution in [0.15, 0.2) is 53.1 Å². The molecular formula is C29H42O5. The van der Waals surface area contributed by atoms with Crippen molar-refractivity contribution in [3.63, 3.8) is 0 Å². The maximum absolute atomic E-state index is 11.2. The molecule has 1 unspecified atom stereocenters. The Morgan fingerprint density at radius 1 is 1.00 bits per heavy atom. The number of ether oxygens (including phenoxy) is 3. The molecular weight excluding hydrogens is 428 g/mol.